The molecule has 0 aromatic carbocycles. The Kier molecular flexibility index (Phi) is 3.40. The van der Waals surface area contributed by atoms with Gasteiger partial charge >= 0.3 is 5.97 Å². The number of piperidine rings is 1. The molecule has 1 fully saturated rings. The summed E-state index contributed by atoms with van der Waals surface area (Å²) in [5.74, 6) is -0.765. The first-order valence-electron chi connectivity index (χ1n) is 5.66. The molecule has 18 heavy (non-hydrogen) atoms. The summed E-state index contributed by atoms with van der Waals surface area (Å²) in [7, 11) is -3.57. The summed E-state index contributed by atoms with van der Waals surface area (Å²) in [6.45, 7) is 2.14. The number of carboxylic acids is 1. The average molecular weight is 273 g/mol. The highest BCUT2D eigenvalue weighted by Crippen LogP contribution is 2.22. The Morgan fingerprint density at radius 3 is 2.56 bits per heavy atom. The molecule has 7 nitrogen and oxygen atoms in total. The third-order valence-corrected chi connectivity index (χ3v) is 4.91. The second-order valence-electron chi connectivity index (χ2n) is 4.35. The highest BCUT2D eigenvalue weighted by atomic mass is 32.2. The predicted molar refractivity (Wildman–Crippen MR) is 62.4 cm³/mol. The second kappa shape index (κ2) is 4.69. The van der Waals surface area contributed by atoms with Gasteiger partial charge in [0.1, 0.15) is 5.82 Å². The fourth-order valence-electron chi connectivity index (χ4n) is 2.01. The van der Waals surface area contributed by atoms with Crippen molar-refractivity contribution in [3.63, 3.8) is 0 Å². The number of rotatable bonds is 3. The number of carbonyl (C=O) groups is 1. The Hall–Kier alpha value is -1.41. The first-order valence-corrected chi connectivity index (χ1v) is 7.10. The van der Waals surface area contributed by atoms with Crippen LogP contribution in [0, 0.1) is 12.8 Å². The lowest BCUT2D eigenvalue weighted by Gasteiger charge is -2.28. The van der Waals surface area contributed by atoms with Crippen molar-refractivity contribution in [2.24, 2.45) is 5.92 Å². The number of H-pyrrole nitrogens is 1. The summed E-state index contributed by atoms with van der Waals surface area (Å²) < 4.78 is 25.7. The van der Waals surface area contributed by atoms with E-state index in [-0.39, 0.29) is 18.1 Å². The highest BCUT2D eigenvalue weighted by Gasteiger charge is 2.32. The van der Waals surface area contributed by atoms with E-state index in [4.69, 9.17) is 5.11 Å². The van der Waals surface area contributed by atoms with Gasteiger partial charge in [-0.15, -0.1) is 0 Å². The van der Waals surface area contributed by atoms with E-state index >= 15 is 0 Å². The first-order chi connectivity index (χ1) is 8.41. The SMILES string of the molecule is Cc1ncc(S(=O)(=O)N2CCC(C(=O)O)CC2)[nH]1. The van der Waals surface area contributed by atoms with E-state index in [2.05, 4.69) is 9.97 Å². The van der Waals surface area contributed by atoms with Gasteiger partial charge in [0.05, 0.1) is 12.1 Å². The number of imidazole rings is 1. The highest BCUT2D eigenvalue weighted by molar-refractivity contribution is 7.89. The van der Waals surface area contributed by atoms with Crippen LogP contribution in [0.5, 0.6) is 0 Å². The molecule has 8 heteroatoms. The number of nitrogens with one attached hydrogen (secondary N) is 1. The van der Waals surface area contributed by atoms with Gasteiger partial charge in [0, 0.05) is 13.1 Å². The zero-order valence-electron chi connectivity index (χ0n) is 9.96. The Morgan fingerprint density at radius 2 is 2.11 bits per heavy atom. The van der Waals surface area contributed by atoms with Crippen molar-refractivity contribution in [3.8, 4) is 0 Å². The molecule has 0 atom stereocenters. The van der Waals surface area contributed by atoms with Crippen LogP contribution in [0.3, 0.4) is 0 Å². The minimum atomic E-state index is -3.57. The number of aliphatic carboxylic acids is 1. The summed E-state index contributed by atoms with van der Waals surface area (Å²) in [6.07, 6.45) is 1.98. The summed E-state index contributed by atoms with van der Waals surface area (Å²) in [5, 5.41) is 8.93. The molecular formula is C10H15N3O4S. The molecule has 0 saturated carbocycles. The van der Waals surface area contributed by atoms with Crippen molar-refractivity contribution in [1.82, 2.24) is 14.3 Å². The molecule has 0 radical (unpaired) electrons. The summed E-state index contributed by atoms with van der Waals surface area (Å²) in [5.41, 5.74) is 0. The van der Waals surface area contributed by atoms with Crippen LogP contribution in [0.15, 0.2) is 11.2 Å². The minimum absolute atomic E-state index is 0.0637. The van der Waals surface area contributed by atoms with E-state index in [9.17, 15) is 13.2 Å². The number of hydrogen-bond donors (Lipinski definition) is 2. The van der Waals surface area contributed by atoms with Gasteiger partial charge in [-0.2, -0.15) is 4.31 Å². The van der Waals surface area contributed by atoms with Crippen molar-refractivity contribution >= 4 is 16.0 Å². The van der Waals surface area contributed by atoms with Gasteiger partial charge in [0.25, 0.3) is 10.0 Å². The van der Waals surface area contributed by atoms with Gasteiger partial charge in [0.15, 0.2) is 5.03 Å². The maximum absolute atomic E-state index is 12.2. The lowest BCUT2D eigenvalue weighted by Crippen LogP contribution is -2.40. The maximum Gasteiger partial charge on any atom is 0.306 e. The van der Waals surface area contributed by atoms with Crippen molar-refractivity contribution < 1.29 is 18.3 Å². The van der Waals surface area contributed by atoms with E-state index in [1.54, 1.807) is 6.92 Å². The molecule has 1 aromatic rings. The number of aromatic amines is 1. The van der Waals surface area contributed by atoms with Gasteiger partial charge in [-0.05, 0) is 19.8 Å². The molecule has 0 aliphatic carbocycles. The number of sulfonamides is 1. The van der Waals surface area contributed by atoms with E-state index in [1.807, 2.05) is 0 Å². The quantitative estimate of drug-likeness (QED) is 0.819. The van der Waals surface area contributed by atoms with Crippen LogP contribution >= 0.6 is 0 Å². The molecule has 0 spiro atoms. The van der Waals surface area contributed by atoms with Crippen molar-refractivity contribution in [2.45, 2.75) is 24.8 Å². The third kappa shape index (κ3) is 2.39. The molecule has 1 aromatic heterocycles. The zero-order valence-corrected chi connectivity index (χ0v) is 10.8. The number of hydrogen-bond acceptors (Lipinski definition) is 4. The Labute approximate surface area is 105 Å². The van der Waals surface area contributed by atoms with Crippen LogP contribution in [0.1, 0.15) is 18.7 Å². The van der Waals surface area contributed by atoms with Gasteiger partial charge in [-0.25, -0.2) is 13.4 Å². The average Bonchev–Trinajstić information content (AvgIpc) is 2.76. The number of nitrogens with zero attached hydrogens (tertiary/aromatic N) is 2. The molecular weight excluding hydrogens is 258 g/mol. The smallest absolute Gasteiger partial charge is 0.306 e. The van der Waals surface area contributed by atoms with Crippen molar-refractivity contribution in [1.29, 1.82) is 0 Å². The monoisotopic (exact) mass is 273 g/mol. The molecule has 1 saturated heterocycles. The van der Waals surface area contributed by atoms with E-state index in [1.165, 1.54) is 10.5 Å². The molecule has 0 amide bonds. The van der Waals surface area contributed by atoms with Crippen LogP contribution < -0.4 is 0 Å². The standard InChI is InChI=1S/C10H15N3O4S/c1-7-11-6-9(12-7)18(16,17)13-4-2-8(3-5-13)10(14)15/h6,8H,2-5H2,1H3,(H,11,12)(H,14,15). The minimum Gasteiger partial charge on any atom is -0.481 e. The Morgan fingerprint density at radius 1 is 1.50 bits per heavy atom. The number of aromatic nitrogens is 2. The van der Waals surface area contributed by atoms with Crippen LogP contribution in [0.4, 0.5) is 0 Å². The molecule has 1 aliphatic heterocycles. The summed E-state index contributed by atoms with van der Waals surface area (Å²) in [6, 6.07) is 0. The summed E-state index contributed by atoms with van der Waals surface area (Å²) in [4.78, 5) is 17.4. The number of carboxylic acid groups (broad SMARTS) is 1. The van der Waals surface area contributed by atoms with Gasteiger partial charge in [-0.3, -0.25) is 4.79 Å². The molecule has 2 rings (SSSR count). The van der Waals surface area contributed by atoms with E-state index in [0.717, 1.165) is 0 Å². The second-order valence-corrected chi connectivity index (χ2v) is 6.26. The van der Waals surface area contributed by atoms with Gasteiger partial charge in [-0.1, -0.05) is 0 Å². The fourth-order valence-corrected chi connectivity index (χ4v) is 3.44. The molecule has 100 valence electrons. The Balaban J connectivity index is 2.12. The topological polar surface area (TPSA) is 103 Å². The first kappa shape index (κ1) is 13.0. The van der Waals surface area contributed by atoms with Gasteiger partial charge < -0.3 is 10.1 Å². The van der Waals surface area contributed by atoms with Crippen LogP contribution in [-0.4, -0.2) is 46.9 Å². The van der Waals surface area contributed by atoms with E-state index in [0.29, 0.717) is 18.7 Å². The van der Waals surface area contributed by atoms with Crippen LogP contribution in [0.25, 0.3) is 0 Å². The van der Waals surface area contributed by atoms with Crippen molar-refractivity contribution in [3.05, 3.63) is 12.0 Å². The van der Waals surface area contributed by atoms with E-state index < -0.39 is 21.9 Å². The third-order valence-electron chi connectivity index (χ3n) is 3.10. The molecule has 0 unspecified atom stereocenters. The van der Waals surface area contributed by atoms with Crippen LogP contribution in [-0.2, 0) is 14.8 Å². The van der Waals surface area contributed by atoms with Crippen LogP contribution in [0.2, 0.25) is 0 Å². The lowest BCUT2D eigenvalue weighted by atomic mass is 9.99. The molecule has 1 aliphatic rings. The predicted octanol–water partition coefficient (Wildman–Crippen LogP) is 0.203. The summed E-state index contributed by atoms with van der Waals surface area (Å²) >= 11 is 0. The Bertz CT molecular complexity index is 543. The normalized spacial score (nSPS) is 18.9. The fraction of sp³-hybridized carbons (Fsp3) is 0.600. The van der Waals surface area contributed by atoms with Gasteiger partial charge in [0.2, 0.25) is 0 Å². The molecule has 2 N–H and O–H groups in total. The molecule has 0 bridgehead atoms. The molecule has 2 heterocycles. The number of aryl methyl sites for hydroxylation is 1. The maximum atomic E-state index is 12.2. The largest absolute Gasteiger partial charge is 0.481 e. The zero-order chi connectivity index (χ0) is 13.3. The lowest BCUT2D eigenvalue weighted by molar-refractivity contribution is -0.142. The van der Waals surface area contributed by atoms with Crippen molar-refractivity contribution in [2.75, 3.05) is 13.1 Å².